The van der Waals surface area contributed by atoms with Gasteiger partial charge in [-0.05, 0) is 62.4 Å². The number of rotatable bonds is 2. The van der Waals surface area contributed by atoms with Crippen LogP contribution in [0.4, 0.5) is 5.69 Å². The van der Waals surface area contributed by atoms with E-state index in [4.69, 9.17) is 0 Å². The number of hydrogen-bond donors (Lipinski definition) is 0. The number of benzene rings is 2. The number of nitrogens with zero attached hydrogens (tertiary/aromatic N) is 2. The van der Waals surface area contributed by atoms with E-state index in [9.17, 15) is 4.79 Å². The van der Waals surface area contributed by atoms with Crippen LogP contribution in [-0.2, 0) is 11.8 Å². The lowest BCUT2D eigenvalue weighted by Gasteiger charge is -2.28. The summed E-state index contributed by atoms with van der Waals surface area (Å²) in [5.74, 6) is 0.185. The zero-order valence-corrected chi connectivity index (χ0v) is 17.8. The molecular formula is C24H23BrN2O. The Kier molecular flexibility index (Phi) is 4.20. The fraction of sp³-hybridized carbons (Fsp3) is 0.292. The third-order valence-electron chi connectivity index (χ3n) is 6.38. The molecule has 1 aromatic heterocycles. The number of hydrogen-bond acceptors (Lipinski definition) is 1. The fourth-order valence-corrected chi connectivity index (χ4v) is 5.37. The van der Waals surface area contributed by atoms with E-state index in [1.165, 1.54) is 34.2 Å². The topological polar surface area (TPSA) is 25.2 Å². The first kappa shape index (κ1) is 17.7. The van der Waals surface area contributed by atoms with E-state index >= 15 is 0 Å². The van der Waals surface area contributed by atoms with Gasteiger partial charge in [0.25, 0.3) is 5.91 Å². The molecule has 142 valence electrons. The van der Waals surface area contributed by atoms with Crippen LogP contribution in [0.1, 0.15) is 43.0 Å². The minimum absolute atomic E-state index is 0.0109. The minimum Gasteiger partial charge on any atom is -0.348 e. The van der Waals surface area contributed by atoms with Crippen LogP contribution in [0.15, 0.2) is 64.1 Å². The summed E-state index contributed by atoms with van der Waals surface area (Å²) < 4.78 is 3.26. The molecule has 4 heteroatoms. The quantitative estimate of drug-likeness (QED) is 0.470. The zero-order valence-electron chi connectivity index (χ0n) is 16.2. The Hall–Kier alpha value is -2.33. The summed E-state index contributed by atoms with van der Waals surface area (Å²) in [6.45, 7) is 2.18. The van der Waals surface area contributed by atoms with Gasteiger partial charge in [-0.1, -0.05) is 40.2 Å². The van der Waals surface area contributed by atoms with Crippen molar-refractivity contribution in [3.05, 3.63) is 75.4 Å². The van der Waals surface area contributed by atoms with Crippen molar-refractivity contribution in [1.29, 1.82) is 0 Å². The number of amides is 1. The van der Waals surface area contributed by atoms with Crippen molar-refractivity contribution in [2.75, 3.05) is 4.90 Å². The Morgan fingerprint density at radius 2 is 1.82 bits per heavy atom. The number of aryl methyl sites for hydroxylation is 1. The van der Waals surface area contributed by atoms with E-state index in [0.717, 1.165) is 35.0 Å². The maximum absolute atomic E-state index is 13.5. The van der Waals surface area contributed by atoms with Gasteiger partial charge in [-0.25, -0.2) is 0 Å². The van der Waals surface area contributed by atoms with E-state index in [1.807, 2.05) is 17.0 Å². The second-order valence-electron chi connectivity index (χ2n) is 7.84. The lowest BCUT2D eigenvalue weighted by molar-refractivity contribution is -0.115. The number of aromatic nitrogens is 1. The second kappa shape index (κ2) is 6.63. The Labute approximate surface area is 173 Å². The maximum Gasteiger partial charge on any atom is 0.255 e. The van der Waals surface area contributed by atoms with Crippen molar-refractivity contribution in [1.82, 2.24) is 4.57 Å². The summed E-state index contributed by atoms with van der Waals surface area (Å²) >= 11 is 3.58. The highest BCUT2D eigenvalue weighted by molar-refractivity contribution is 9.10. The third kappa shape index (κ3) is 2.51. The molecule has 0 spiro atoms. The van der Waals surface area contributed by atoms with Crippen LogP contribution in [0.25, 0.3) is 10.9 Å². The highest BCUT2D eigenvalue weighted by Gasteiger charge is 2.43. The van der Waals surface area contributed by atoms with Gasteiger partial charge in [0.05, 0.1) is 6.04 Å². The standard InChI is InChI=1S/C24H23BrN2O/c1-15-22(20-12-5-6-13-21(20)26(15)2)23-18-10-3-4-11-19(18)24(28)27(23)17-9-7-8-16(25)14-17/h5-9,12-14,23H,3-4,10-11H2,1-2H3. The molecule has 2 aromatic carbocycles. The first-order valence-electron chi connectivity index (χ1n) is 9.93. The number of halogens is 1. The number of fused-ring (bicyclic) bond motifs is 1. The van der Waals surface area contributed by atoms with Crippen molar-refractivity contribution >= 4 is 38.4 Å². The molecular weight excluding hydrogens is 412 g/mol. The smallest absolute Gasteiger partial charge is 0.255 e. The first-order chi connectivity index (χ1) is 13.6. The molecule has 28 heavy (non-hydrogen) atoms. The van der Waals surface area contributed by atoms with Crippen molar-refractivity contribution in [2.24, 2.45) is 7.05 Å². The minimum atomic E-state index is -0.0109. The molecule has 5 rings (SSSR count). The Balaban J connectivity index is 1.78. The second-order valence-corrected chi connectivity index (χ2v) is 8.76. The monoisotopic (exact) mass is 434 g/mol. The summed E-state index contributed by atoms with van der Waals surface area (Å²) in [5, 5.41) is 1.25. The number of carbonyl (C=O) groups excluding carboxylic acids is 1. The molecule has 2 aliphatic rings. The highest BCUT2D eigenvalue weighted by Crippen LogP contribution is 2.49. The first-order valence-corrected chi connectivity index (χ1v) is 10.7. The Morgan fingerprint density at radius 3 is 2.64 bits per heavy atom. The summed E-state index contributed by atoms with van der Waals surface area (Å²) in [6, 6.07) is 16.7. The van der Waals surface area contributed by atoms with Gasteiger partial charge in [-0.2, -0.15) is 0 Å². The third-order valence-corrected chi connectivity index (χ3v) is 6.88. The molecule has 1 atom stereocenters. The Morgan fingerprint density at radius 1 is 1.04 bits per heavy atom. The van der Waals surface area contributed by atoms with Crippen LogP contribution >= 0.6 is 15.9 Å². The molecule has 1 aliphatic carbocycles. The molecule has 0 fully saturated rings. The predicted octanol–water partition coefficient (Wildman–Crippen LogP) is 6.21. The van der Waals surface area contributed by atoms with Crippen molar-refractivity contribution in [3.63, 3.8) is 0 Å². The maximum atomic E-state index is 13.5. The van der Waals surface area contributed by atoms with Gasteiger partial charge in [-0.15, -0.1) is 0 Å². The zero-order chi connectivity index (χ0) is 19.4. The summed E-state index contributed by atoms with van der Waals surface area (Å²) in [4.78, 5) is 15.6. The van der Waals surface area contributed by atoms with Crippen LogP contribution in [0.2, 0.25) is 0 Å². The van der Waals surface area contributed by atoms with Crippen molar-refractivity contribution < 1.29 is 4.79 Å². The largest absolute Gasteiger partial charge is 0.348 e. The van der Waals surface area contributed by atoms with Gasteiger partial charge in [0.15, 0.2) is 0 Å². The van der Waals surface area contributed by atoms with E-state index in [0.29, 0.717) is 0 Å². The highest BCUT2D eigenvalue weighted by atomic mass is 79.9. The average molecular weight is 435 g/mol. The lowest BCUT2D eigenvalue weighted by atomic mass is 9.86. The molecule has 1 unspecified atom stereocenters. The van der Waals surface area contributed by atoms with Crippen LogP contribution < -0.4 is 4.90 Å². The molecule has 0 bridgehead atoms. The van der Waals surface area contributed by atoms with E-state index < -0.39 is 0 Å². The molecule has 3 nitrogen and oxygen atoms in total. The Bertz CT molecular complexity index is 1140. The molecule has 2 heterocycles. The van der Waals surface area contributed by atoms with Crippen LogP contribution in [0.5, 0.6) is 0 Å². The number of anilines is 1. The number of para-hydroxylation sites is 1. The summed E-state index contributed by atoms with van der Waals surface area (Å²) in [6.07, 6.45) is 4.19. The molecule has 3 aromatic rings. The van der Waals surface area contributed by atoms with Crippen LogP contribution in [0, 0.1) is 6.92 Å². The van der Waals surface area contributed by atoms with Crippen LogP contribution in [0.3, 0.4) is 0 Å². The van der Waals surface area contributed by atoms with Gasteiger partial charge >= 0.3 is 0 Å². The summed E-state index contributed by atoms with van der Waals surface area (Å²) in [5.41, 5.74) is 7.07. The van der Waals surface area contributed by atoms with E-state index in [1.54, 1.807) is 0 Å². The fourth-order valence-electron chi connectivity index (χ4n) is 4.98. The van der Waals surface area contributed by atoms with Gasteiger partial charge in [0.2, 0.25) is 0 Å². The molecule has 0 N–H and O–H groups in total. The van der Waals surface area contributed by atoms with Crippen molar-refractivity contribution in [2.45, 2.75) is 38.6 Å². The molecule has 0 saturated carbocycles. The van der Waals surface area contributed by atoms with Gasteiger partial charge in [-0.3, -0.25) is 9.69 Å². The SMILES string of the molecule is Cc1c(C2C3=C(CCCC3)C(=O)N2c2cccc(Br)c2)c2ccccc2n1C. The van der Waals surface area contributed by atoms with E-state index in [2.05, 4.69) is 70.9 Å². The molecule has 0 radical (unpaired) electrons. The van der Waals surface area contributed by atoms with E-state index in [-0.39, 0.29) is 11.9 Å². The van der Waals surface area contributed by atoms with Crippen LogP contribution in [-0.4, -0.2) is 10.5 Å². The normalized spacial score (nSPS) is 19.6. The van der Waals surface area contributed by atoms with Gasteiger partial charge in [0.1, 0.15) is 0 Å². The molecule has 1 amide bonds. The lowest BCUT2D eigenvalue weighted by Crippen LogP contribution is -2.30. The molecule has 1 aliphatic heterocycles. The average Bonchev–Trinajstić information content (AvgIpc) is 3.14. The van der Waals surface area contributed by atoms with Crippen molar-refractivity contribution in [3.8, 4) is 0 Å². The van der Waals surface area contributed by atoms with Gasteiger partial charge < -0.3 is 4.57 Å². The van der Waals surface area contributed by atoms with Gasteiger partial charge in [0, 0.05) is 44.9 Å². The predicted molar refractivity (Wildman–Crippen MR) is 118 cm³/mol. The molecule has 0 saturated heterocycles. The summed E-state index contributed by atoms with van der Waals surface area (Å²) in [7, 11) is 2.12. The number of carbonyl (C=O) groups is 1.